The first-order chi connectivity index (χ1) is 7.29. The summed E-state index contributed by atoms with van der Waals surface area (Å²) in [6.45, 7) is 2.28. The van der Waals surface area contributed by atoms with E-state index in [-0.39, 0.29) is 0 Å². The van der Waals surface area contributed by atoms with Gasteiger partial charge in [-0.15, -0.1) is 0 Å². The molecular weight excluding hydrogens is 250 g/mol. The first-order valence-electron chi connectivity index (χ1n) is 5.84. The average Bonchev–Trinajstić information content (AvgIpc) is 2.82. The van der Waals surface area contributed by atoms with Gasteiger partial charge in [0, 0.05) is 22.6 Å². The standard InChI is InChI=1S/C13H18BrN/c1-10(12-8-4-5-9-15-12)13(14)11-6-2-3-7-11/h4-5,8-11,13H,2-3,6-7H2,1H3. The fraction of sp³-hybridized carbons (Fsp3) is 0.615. The summed E-state index contributed by atoms with van der Waals surface area (Å²) in [7, 11) is 0. The summed E-state index contributed by atoms with van der Waals surface area (Å²) >= 11 is 3.87. The van der Waals surface area contributed by atoms with Crippen LogP contribution >= 0.6 is 15.9 Å². The van der Waals surface area contributed by atoms with Gasteiger partial charge in [-0.1, -0.05) is 41.8 Å². The number of pyridine rings is 1. The SMILES string of the molecule is CC(c1ccccn1)C(Br)C1CCCC1. The fourth-order valence-electron chi connectivity index (χ4n) is 2.49. The van der Waals surface area contributed by atoms with Crippen LogP contribution in [0.25, 0.3) is 0 Å². The molecule has 0 saturated heterocycles. The molecule has 0 amide bonds. The number of halogens is 1. The van der Waals surface area contributed by atoms with Crippen LogP contribution < -0.4 is 0 Å². The molecular formula is C13H18BrN. The molecule has 1 aromatic heterocycles. The van der Waals surface area contributed by atoms with Gasteiger partial charge in [0.25, 0.3) is 0 Å². The molecule has 82 valence electrons. The molecule has 2 rings (SSSR count). The fourth-order valence-corrected chi connectivity index (χ4v) is 3.29. The lowest BCUT2D eigenvalue weighted by molar-refractivity contribution is 0.478. The van der Waals surface area contributed by atoms with Crippen LogP contribution in [0, 0.1) is 5.92 Å². The quantitative estimate of drug-likeness (QED) is 0.751. The van der Waals surface area contributed by atoms with Gasteiger partial charge >= 0.3 is 0 Å². The van der Waals surface area contributed by atoms with Crippen LogP contribution in [0.2, 0.25) is 0 Å². The highest BCUT2D eigenvalue weighted by atomic mass is 79.9. The predicted octanol–water partition coefficient (Wildman–Crippen LogP) is 4.14. The Kier molecular flexibility index (Phi) is 3.79. The third-order valence-corrected chi connectivity index (χ3v) is 5.02. The van der Waals surface area contributed by atoms with Crippen molar-refractivity contribution in [3.05, 3.63) is 30.1 Å². The van der Waals surface area contributed by atoms with E-state index < -0.39 is 0 Å². The Morgan fingerprint density at radius 1 is 1.33 bits per heavy atom. The zero-order valence-electron chi connectivity index (χ0n) is 9.20. The molecule has 1 aromatic rings. The summed E-state index contributed by atoms with van der Waals surface area (Å²) in [4.78, 5) is 5.03. The van der Waals surface area contributed by atoms with Gasteiger partial charge in [0.15, 0.2) is 0 Å². The molecule has 0 N–H and O–H groups in total. The van der Waals surface area contributed by atoms with Gasteiger partial charge < -0.3 is 0 Å². The van der Waals surface area contributed by atoms with Crippen molar-refractivity contribution in [2.75, 3.05) is 0 Å². The largest absolute Gasteiger partial charge is 0.261 e. The number of nitrogens with zero attached hydrogens (tertiary/aromatic N) is 1. The second kappa shape index (κ2) is 5.11. The molecule has 0 aliphatic heterocycles. The molecule has 1 saturated carbocycles. The van der Waals surface area contributed by atoms with E-state index >= 15 is 0 Å². The number of hydrogen-bond donors (Lipinski definition) is 0. The van der Waals surface area contributed by atoms with E-state index in [4.69, 9.17) is 0 Å². The molecule has 15 heavy (non-hydrogen) atoms. The van der Waals surface area contributed by atoms with E-state index in [1.54, 1.807) is 0 Å². The molecule has 1 aliphatic rings. The lowest BCUT2D eigenvalue weighted by Gasteiger charge is -2.23. The van der Waals surface area contributed by atoms with E-state index in [0.29, 0.717) is 10.7 Å². The Morgan fingerprint density at radius 2 is 2.07 bits per heavy atom. The molecule has 0 radical (unpaired) electrons. The van der Waals surface area contributed by atoms with Crippen molar-refractivity contribution in [1.82, 2.24) is 4.98 Å². The molecule has 1 heterocycles. The van der Waals surface area contributed by atoms with Gasteiger partial charge in [-0.3, -0.25) is 4.98 Å². The summed E-state index contributed by atoms with van der Waals surface area (Å²) in [6.07, 6.45) is 7.46. The summed E-state index contributed by atoms with van der Waals surface area (Å²) < 4.78 is 0. The zero-order chi connectivity index (χ0) is 10.7. The van der Waals surface area contributed by atoms with Crippen LogP contribution in [0.15, 0.2) is 24.4 Å². The van der Waals surface area contributed by atoms with Crippen molar-refractivity contribution in [3.8, 4) is 0 Å². The zero-order valence-corrected chi connectivity index (χ0v) is 10.8. The smallest absolute Gasteiger partial charge is 0.0442 e. The molecule has 0 bridgehead atoms. The van der Waals surface area contributed by atoms with Crippen molar-refractivity contribution < 1.29 is 0 Å². The van der Waals surface area contributed by atoms with Crippen molar-refractivity contribution >= 4 is 15.9 Å². The number of hydrogen-bond acceptors (Lipinski definition) is 1. The maximum absolute atomic E-state index is 4.44. The number of rotatable bonds is 3. The Labute approximate surface area is 100 Å². The highest BCUT2D eigenvalue weighted by molar-refractivity contribution is 9.09. The molecule has 2 unspecified atom stereocenters. The molecule has 2 heteroatoms. The molecule has 2 atom stereocenters. The monoisotopic (exact) mass is 267 g/mol. The normalized spacial score (nSPS) is 21.5. The van der Waals surface area contributed by atoms with Crippen molar-refractivity contribution in [3.63, 3.8) is 0 Å². The molecule has 0 aromatic carbocycles. The van der Waals surface area contributed by atoms with Crippen molar-refractivity contribution in [2.45, 2.75) is 43.4 Å². The average molecular weight is 268 g/mol. The lowest BCUT2D eigenvalue weighted by atomic mass is 9.92. The first kappa shape index (κ1) is 11.1. The molecule has 0 spiro atoms. The van der Waals surface area contributed by atoms with E-state index in [0.717, 1.165) is 5.92 Å². The third kappa shape index (κ3) is 2.60. The van der Waals surface area contributed by atoms with Gasteiger partial charge in [-0.25, -0.2) is 0 Å². The van der Waals surface area contributed by atoms with Gasteiger partial charge in [-0.05, 0) is 30.9 Å². The summed E-state index contributed by atoms with van der Waals surface area (Å²) in [5, 5.41) is 0. The Hall–Kier alpha value is -0.370. The molecule has 1 fully saturated rings. The second-order valence-corrected chi connectivity index (χ2v) is 5.59. The molecule has 1 aliphatic carbocycles. The van der Waals surface area contributed by atoms with E-state index in [2.05, 4.69) is 40.0 Å². The highest BCUT2D eigenvalue weighted by Crippen LogP contribution is 2.38. The second-order valence-electron chi connectivity index (χ2n) is 4.53. The van der Waals surface area contributed by atoms with Crippen LogP contribution in [0.1, 0.15) is 44.2 Å². The minimum Gasteiger partial charge on any atom is -0.261 e. The predicted molar refractivity (Wildman–Crippen MR) is 67.3 cm³/mol. The highest BCUT2D eigenvalue weighted by Gasteiger charge is 2.28. The van der Waals surface area contributed by atoms with Crippen LogP contribution in [-0.2, 0) is 0 Å². The van der Waals surface area contributed by atoms with Crippen LogP contribution in [0.5, 0.6) is 0 Å². The maximum Gasteiger partial charge on any atom is 0.0442 e. The van der Waals surface area contributed by atoms with E-state index in [1.807, 2.05) is 12.3 Å². The summed E-state index contributed by atoms with van der Waals surface area (Å²) in [5.74, 6) is 1.37. The summed E-state index contributed by atoms with van der Waals surface area (Å²) in [6, 6.07) is 6.19. The minimum atomic E-state index is 0.522. The Balaban J connectivity index is 2.03. The minimum absolute atomic E-state index is 0.522. The van der Waals surface area contributed by atoms with Crippen LogP contribution in [-0.4, -0.2) is 9.81 Å². The van der Waals surface area contributed by atoms with Crippen LogP contribution in [0.4, 0.5) is 0 Å². The topological polar surface area (TPSA) is 12.9 Å². The number of alkyl halides is 1. The van der Waals surface area contributed by atoms with Gasteiger partial charge in [0.05, 0.1) is 0 Å². The molecule has 1 nitrogen and oxygen atoms in total. The first-order valence-corrected chi connectivity index (χ1v) is 6.75. The van der Waals surface area contributed by atoms with Crippen LogP contribution in [0.3, 0.4) is 0 Å². The van der Waals surface area contributed by atoms with Gasteiger partial charge in [0.2, 0.25) is 0 Å². The van der Waals surface area contributed by atoms with E-state index in [1.165, 1.54) is 31.4 Å². The van der Waals surface area contributed by atoms with Crippen molar-refractivity contribution in [2.24, 2.45) is 5.92 Å². The van der Waals surface area contributed by atoms with Gasteiger partial charge in [-0.2, -0.15) is 0 Å². The third-order valence-electron chi connectivity index (χ3n) is 3.48. The maximum atomic E-state index is 4.44. The number of aromatic nitrogens is 1. The van der Waals surface area contributed by atoms with Crippen molar-refractivity contribution in [1.29, 1.82) is 0 Å². The van der Waals surface area contributed by atoms with E-state index in [9.17, 15) is 0 Å². The lowest BCUT2D eigenvalue weighted by Crippen LogP contribution is -2.18. The Bertz CT molecular complexity index is 293. The van der Waals surface area contributed by atoms with Gasteiger partial charge in [0.1, 0.15) is 0 Å². The Morgan fingerprint density at radius 3 is 2.67 bits per heavy atom. The summed E-state index contributed by atoms with van der Waals surface area (Å²) in [5.41, 5.74) is 1.21.